The summed E-state index contributed by atoms with van der Waals surface area (Å²) in [6.45, 7) is 11.2. The van der Waals surface area contributed by atoms with Crippen molar-refractivity contribution in [2.75, 3.05) is 6.54 Å². The van der Waals surface area contributed by atoms with Gasteiger partial charge in [0.1, 0.15) is 11.6 Å². The minimum atomic E-state index is 0. The molecule has 1 aromatic carbocycles. The Bertz CT molecular complexity index is 802. The summed E-state index contributed by atoms with van der Waals surface area (Å²) in [7, 11) is 0. The molecule has 7 nitrogen and oxygen atoms in total. The minimum absolute atomic E-state index is 0. The monoisotopic (exact) mass is 498 g/mol. The van der Waals surface area contributed by atoms with Crippen LogP contribution in [-0.4, -0.2) is 33.4 Å². The zero-order valence-corrected chi connectivity index (χ0v) is 19.5. The molecule has 154 valence electrons. The van der Waals surface area contributed by atoms with Gasteiger partial charge >= 0.3 is 0 Å². The molecule has 0 amide bonds. The number of aryl methyl sites for hydroxylation is 2. The van der Waals surface area contributed by atoms with Crippen LogP contribution < -0.4 is 15.4 Å². The van der Waals surface area contributed by atoms with E-state index in [1.54, 1.807) is 0 Å². The lowest BCUT2D eigenvalue weighted by atomic mass is 10.1. The van der Waals surface area contributed by atoms with E-state index >= 15 is 0 Å². The molecule has 2 aromatic rings. The van der Waals surface area contributed by atoms with E-state index in [-0.39, 0.29) is 30.1 Å². The van der Waals surface area contributed by atoms with Gasteiger partial charge in [0.05, 0.1) is 19.2 Å². The van der Waals surface area contributed by atoms with E-state index in [0.717, 1.165) is 54.9 Å². The van der Waals surface area contributed by atoms with Crippen LogP contribution in [0.1, 0.15) is 50.0 Å². The maximum atomic E-state index is 5.96. The first-order valence-electron chi connectivity index (χ1n) is 9.76. The molecule has 0 unspecified atom stereocenters. The summed E-state index contributed by atoms with van der Waals surface area (Å²) < 4.78 is 8.16. The maximum absolute atomic E-state index is 5.96. The van der Waals surface area contributed by atoms with Crippen molar-refractivity contribution in [2.45, 2.75) is 66.3 Å². The quantitative estimate of drug-likeness (QED) is 0.349. The van der Waals surface area contributed by atoms with Crippen molar-refractivity contribution >= 4 is 29.9 Å². The van der Waals surface area contributed by atoms with E-state index in [4.69, 9.17) is 9.73 Å². The van der Waals surface area contributed by atoms with Gasteiger partial charge in [0.2, 0.25) is 0 Å². The first kappa shape index (κ1) is 22.4. The number of ether oxygens (including phenoxy) is 1. The van der Waals surface area contributed by atoms with Crippen molar-refractivity contribution in [1.82, 2.24) is 25.4 Å². The maximum Gasteiger partial charge on any atom is 0.191 e. The van der Waals surface area contributed by atoms with Crippen molar-refractivity contribution < 1.29 is 4.74 Å². The average molecular weight is 498 g/mol. The van der Waals surface area contributed by atoms with Gasteiger partial charge < -0.3 is 19.9 Å². The van der Waals surface area contributed by atoms with Gasteiger partial charge in [-0.3, -0.25) is 0 Å². The minimum Gasteiger partial charge on any atom is -0.491 e. The Labute approximate surface area is 184 Å². The summed E-state index contributed by atoms with van der Waals surface area (Å²) in [5, 5.41) is 15.2. The van der Waals surface area contributed by atoms with Crippen molar-refractivity contribution in [3.05, 3.63) is 41.0 Å². The van der Waals surface area contributed by atoms with Gasteiger partial charge in [-0.25, -0.2) is 4.99 Å². The summed E-state index contributed by atoms with van der Waals surface area (Å²) in [4.78, 5) is 4.73. The Hall–Kier alpha value is -1.84. The fourth-order valence-electron chi connectivity index (χ4n) is 3.17. The predicted molar refractivity (Wildman–Crippen MR) is 122 cm³/mol. The number of rotatable bonds is 7. The van der Waals surface area contributed by atoms with Gasteiger partial charge in [0.25, 0.3) is 0 Å². The van der Waals surface area contributed by atoms with Crippen LogP contribution in [0.4, 0.5) is 0 Å². The smallest absolute Gasteiger partial charge is 0.191 e. The van der Waals surface area contributed by atoms with Crippen LogP contribution >= 0.6 is 24.0 Å². The number of benzene rings is 1. The second-order valence-corrected chi connectivity index (χ2v) is 7.11. The SMILES string of the molecule is CCNC(=NCc1ccc(C)cc1OC(C)C)NCc1nnc2n1CCC2.I. The van der Waals surface area contributed by atoms with E-state index in [1.165, 1.54) is 5.56 Å². The summed E-state index contributed by atoms with van der Waals surface area (Å²) in [6.07, 6.45) is 2.31. The third-order valence-corrected chi connectivity index (χ3v) is 4.44. The number of hydrogen-bond acceptors (Lipinski definition) is 4. The highest BCUT2D eigenvalue weighted by atomic mass is 127. The van der Waals surface area contributed by atoms with Crippen LogP contribution in [-0.2, 0) is 26.1 Å². The van der Waals surface area contributed by atoms with Crippen LogP contribution in [0.5, 0.6) is 5.75 Å². The molecule has 0 saturated heterocycles. The predicted octanol–water partition coefficient (Wildman–Crippen LogP) is 3.19. The fourth-order valence-corrected chi connectivity index (χ4v) is 3.17. The van der Waals surface area contributed by atoms with E-state index < -0.39 is 0 Å². The largest absolute Gasteiger partial charge is 0.491 e. The van der Waals surface area contributed by atoms with Crippen LogP contribution in [0.3, 0.4) is 0 Å². The lowest BCUT2D eigenvalue weighted by molar-refractivity contribution is 0.240. The number of nitrogens with zero attached hydrogens (tertiary/aromatic N) is 4. The average Bonchev–Trinajstić information content (AvgIpc) is 3.22. The van der Waals surface area contributed by atoms with Crippen molar-refractivity contribution in [3.8, 4) is 5.75 Å². The molecule has 28 heavy (non-hydrogen) atoms. The molecule has 8 heteroatoms. The highest BCUT2D eigenvalue weighted by Gasteiger charge is 2.17. The molecule has 0 atom stereocenters. The number of aliphatic imine (C=N–C) groups is 1. The van der Waals surface area contributed by atoms with Gasteiger partial charge in [-0.05, 0) is 45.7 Å². The summed E-state index contributed by atoms with van der Waals surface area (Å²) >= 11 is 0. The zero-order valence-electron chi connectivity index (χ0n) is 17.2. The van der Waals surface area contributed by atoms with Crippen LogP contribution in [0.15, 0.2) is 23.2 Å². The Morgan fingerprint density at radius 1 is 1.29 bits per heavy atom. The molecule has 1 aromatic heterocycles. The zero-order chi connectivity index (χ0) is 19.2. The topological polar surface area (TPSA) is 76.4 Å². The molecule has 0 saturated carbocycles. The second kappa shape index (κ2) is 10.6. The standard InChI is InChI=1S/C20H30N6O.HI/c1-5-21-20(23-13-19-25-24-18-7-6-10-26(18)19)22-12-16-9-8-15(4)11-17(16)27-14(2)3;/h8-9,11,14H,5-7,10,12-13H2,1-4H3,(H2,21,22,23);1H. The number of nitrogens with one attached hydrogen (secondary N) is 2. The second-order valence-electron chi connectivity index (χ2n) is 7.11. The molecule has 0 spiro atoms. The van der Waals surface area contributed by atoms with Crippen LogP contribution in [0.2, 0.25) is 0 Å². The molecule has 1 aliphatic rings. The van der Waals surface area contributed by atoms with Gasteiger partial charge in [0.15, 0.2) is 11.8 Å². The van der Waals surface area contributed by atoms with Gasteiger partial charge in [-0.2, -0.15) is 0 Å². The molecular weight excluding hydrogens is 467 g/mol. The third kappa shape index (κ3) is 5.83. The first-order chi connectivity index (χ1) is 13.1. The third-order valence-electron chi connectivity index (χ3n) is 4.44. The number of guanidine groups is 1. The van der Waals surface area contributed by atoms with Gasteiger partial charge in [-0.1, -0.05) is 12.1 Å². The molecule has 1 aliphatic heterocycles. The first-order valence-corrected chi connectivity index (χ1v) is 9.76. The Balaban J connectivity index is 0.00000280. The lowest BCUT2D eigenvalue weighted by Crippen LogP contribution is -2.37. The Morgan fingerprint density at radius 3 is 2.86 bits per heavy atom. The van der Waals surface area contributed by atoms with Crippen molar-refractivity contribution in [1.29, 1.82) is 0 Å². The summed E-state index contributed by atoms with van der Waals surface area (Å²) in [6, 6.07) is 6.26. The number of halogens is 1. The van der Waals surface area contributed by atoms with Crippen molar-refractivity contribution in [3.63, 3.8) is 0 Å². The normalized spacial score (nSPS) is 13.2. The molecular formula is C20H31IN6O. The van der Waals surface area contributed by atoms with Crippen LogP contribution in [0, 0.1) is 6.92 Å². The Kier molecular flexibility index (Phi) is 8.53. The molecule has 2 heterocycles. The number of aromatic nitrogens is 3. The molecule has 0 fully saturated rings. The molecule has 0 aliphatic carbocycles. The number of fused-ring (bicyclic) bond motifs is 1. The molecule has 0 radical (unpaired) electrons. The molecule has 2 N–H and O–H groups in total. The molecule has 0 bridgehead atoms. The highest BCUT2D eigenvalue weighted by Crippen LogP contribution is 2.22. The number of hydrogen-bond donors (Lipinski definition) is 2. The summed E-state index contributed by atoms with van der Waals surface area (Å²) in [5.74, 6) is 3.72. The summed E-state index contributed by atoms with van der Waals surface area (Å²) in [5.41, 5.74) is 2.26. The van der Waals surface area contributed by atoms with E-state index in [9.17, 15) is 0 Å². The van der Waals surface area contributed by atoms with Crippen LogP contribution in [0.25, 0.3) is 0 Å². The van der Waals surface area contributed by atoms with E-state index in [0.29, 0.717) is 13.1 Å². The molecule has 3 rings (SSSR count). The van der Waals surface area contributed by atoms with Gasteiger partial charge in [-0.15, -0.1) is 34.2 Å². The Morgan fingerprint density at radius 2 is 2.11 bits per heavy atom. The van der Waals surface area contributed by atoms with Crippen molar-refractivity contribution in [2.24, 2.45) is 4.99 Å². The fraction of sp³-hybridized carbons (Fsp3) is 0.550. The lowest BCUT2D eigenvalue weighted by Gasteiger charge is -2.15. The van der Waals surface area contributed by atoms with E-state index in [1.807, 2.05) is 13.8 Å². The van der Waals surface area contributed by atoms with E-state index in [2.05, 4.69) is 57.4 Å². The van der Waals surface area contributed by atoms with Gasteiger partial charge in [0, 0.05) is 25.1 Å². The highest BCUT2D eigenvalue weighted by molar-refractivity contribution is 14.0.